The number of ether oxygens (including phenoxy) is 1. The van der Waals surface area contributed by atoms with Gasteiger partial charge >= 0.3 is 5.97 Å². The van der Waals surface area contributed by atoms with Gasteiger partial charge in [-0.25, -0.2) is 0 Å². The number of hydrogen-bond donors (Lipinski definition) is 2. The molecule has 1 aliphatic heterocycles. The molecule has 122 valence electrons. The highest BCUT2D eigenvalue weighted by Crippen LogP contribution is 2.17. The monoisotopic (exact) mass is 327 g/mol. The second-order valence-electron chi connectivity index (χ2n) is 5.18. The van der Waals surface area contributed by atoms with Crippen LogP contribution >= 0.6 is 0 Å². The number of benzene rings is 1. The van der Waals surface area contributed by atoms with Crippen LogP contribution in [-0.4, -0.2) is 39.4 Å². The highest BCUT2D eigenvalue weighted by molar-refractivity contribution is 7.87. The maximum absolute atomic E-state index is 12.1. The van der Waals surface area contributed by atoms with E-state index in [9.17, 15) is 13.2 Å². The maximum atomic E-state index is 12.1. The predicted molar refractivity (Wildman–Crippen MR) is 82.0 cm³/mol. The molecular weight excluding hydrogens is 306 g/mol. The van der Waals surface area contributed by atoms with Crippen LogP contribution in [0.4, 0.5) is 0 Å². The molecule has 1 aromatic rings. The van der Waals surface area contributed by atoms with Crippen molar-refractivity contribution < 1.29 is 17.9 Å². The molecule has 1 heterocycles. The van der Waals surface area contributed by atoms with Crippen LogP contribution in [-0.2, 0) is 39.4 Å². The molecule has 22 heavy (non-hydrogen) atoms. The van der Waals surface area contributed by atoms with E-state index in [0.717, 1.165) is 23.0 Å². The first-order valence-electron chi connectivity index (χ1n) is 7.01. The molecule has 0 aliphatic carbocycles. The normalized spacial score (nSPS) is 14.1. The molecule has 0 fully saturated rings. The average Bonchev–Trinajstić information content (AvgIpc) is 2.97. The van der Waals surface area contributed by atoms with Crippen LogP contribution in [0.15, 0.2) is 18.2 Å². The highest BCUT2D eigenvalue weighted by Gasteiger charge is 2.18. The Bertz CT molecular complexity index is 645. The van der Waals surface area contributed by atoms with Gasteiger partial charge in [0.2, 0.25) is 0 Å². The van der Waals surface area contributed by atoms with Gasteiger partial charge in [-0.1, -0.05) is 18.2 Å². The summed E-state index contributed by atoms with van der Waals surface area (Å²) in [6.07, 6.45) is 0.0262. The predicted octanol–water partition coefficient (Wildman–Crippen LogP) is 0.119. The number of carbonyl (C=O) groups excluding carboxylic acids is 1. The van der Waals surface area contributed by atoms with Crippen LogP contribution in [0.3, 0.4) is 0 Å². The summed E-state index contributed by atoms with van der Waals surface area (Å²) in [4.78, 5) is 11.1. The maximum Gasteiger partial charge on any atom is 0.306 e. The molecule has 2 N–H and O–H groups in total. The summed E-state index contributed by atoms with van der Waals surface area (Å²) < 4.78 is 32.3. The highest BCUT2D eigenvalue weighted by atomic mass is 32.2. The smallest absolute Gasteiger partial charge is 0.306 e. The van der Waals surface area contributed by atoms with Crippen molar-refractivity contribution in [2.75, 3.05) is 20.7 Å². The van der Waals surface area contributed by atoms with Gasteiger partial charge in [0.25, 0.3) is 10.2 Å². The summed E-state index contributed by atoms with van der Waals surface area (Å²) in [5, 5.41) is 3.25. The first-order valence-corrected chi connectivity index (χ1v) is 8.45. The topological polar surface area (TPSA) is 87.7 Å². The molecule has 0 atom stereocenters. The quantitative estimate of drug-likeness (QED) is 0.695. The van der Waals surface area contributed by atoms with Crippen molar-refractivity contribution in [3.05, 3.63) is 34.9 Å². The Morgan fingerprint density at radius 2 is 2.09 bits per heavy atom. The summed E-state index contributed by atoms with van der Waals surface area (Å²) in [6, 6.07) is 5.94. The van der Waals surface area contributed by atoms with E-state index in [1.165, 1.54) is 25.3 Å². The summed E-state index contributed by atoms with van der Waals surface area (Å²) in [6.45, 7) is 1.97. The number of fused-ring (bicyclic) bond motifs is 1. The number of nitrogens with one attached hydrogen (secondary N) is 2. The van der Waals surface area contributed by atoms with E-state index in [-0.39, 0.29) is 19.5 Å². The van der Waals surface area contributed by atoms with Gasteiger partial charge in [0.1, 0.15) is 0 Å². The zero-order valence-electron chi connectivity index (χ0n) is 12.8. The van der Waals surface area contributed by atoms with Crippen LogP contribution < -0.4 is 10.0 Å². The summed E-state index contributed by atoms with van der Waals surface area (Å²) >= 11 is 0. The lowest BCUT2D eigenvalue weighted by atomic mass is 10.1. The van der Waals surface area contributed by atoms with Gasteiger partial charge in [-0.05, 0) is 16.7 Å². The third-order valence-electron chi connectivity index (χ3n) is 3.63. The minimum absolute atomic E-state index is 0.0262. The zero-order chi connectivity index (χ0) is 16.2. The van der Waals surface area contributed by atoms with Crippen LogP contribution in [0, 0.1) is 0 Å². The first-order chi connectivity index (χ1) is 10.4. The summed E-state index contributed by atoms with van der Waals surface area (Å²) in [5.41, 5.74) is 3.37. The van der Waals surface area contributed by atoms with E-state index in [4.69, 9.17) is 0 Å². The number of hydrogen-bond acceptors (Lipinski definition) is 5. The number of carbonyl (C=O) groups is 1. The Morgan fingerprint density at radius 3 is 2.82 bits per heavy atom. The molecule has 1 aromatic carbocycles. The van der Waals surface area contributed by atoms with Crippen molar-refractivity contribution in [1.29, 1.82) is 0 Å². The van der Waals surface area contributed by atoms with E-state index in [1.54, 1.807) is 0 Å². The van der Waals surface area contributed by atoms with Gasteiger partial charge in [0.05, 0.1) is 13.5 Å². The Kier molecular flexibility index (Phi) is 5.52. The van der Waals surface area contributed by atoms with Crippen LogP contribution in [0.5, 0.6) is 0 Å². The SMILES string of the molecule is COC(=O)CCN(C)S(=O)(=O)NCc1ccc2c(c1)CNC2. The van der Waals surface area contributed by atoms with Crippen molar-refractivity contribution >= 4 is 16.2 Å². The Hall–Kier alpha value is -1.48. The van der Waals surface area contributed by atoms with Crippen molar-refractivity contribution in [2.24, 2.45) is 0 Å². The largest absolute Gasteiger partial charge is 0.469 e. The number of methoxy groups -OCH3 is 1. The van der Waals surface area contributed by atoms with E-state index in [1.807, 2.05) is 18.2 Å². The second kappa shape index (κ2) is 7.19. The van der Waals surface area contributed by atoms with E-state index < -0.39 is 16.2 Å². The van der Waals surface area contributed by atoms with Crippen LogP contribution in [0.1, 0.15) is 23.1 Å². The van der Waals surface area contributed by atoms with Crippen molar-refractivity contribution in [1.82, 2.24) is 14.3 Å². The minimum atomic E-state index is -3.62. The minimum Gasteiger partial charge on any atom is -0.469 e. The number of nitrogens with zero attached hydrogens (tertiary/aromatic N) is 1. The van der Waals surface area contributed by atoms with Crippen molar-refractivity contribution in [3.63, 3.8) is 0 Å². The van der Waals surface area contributed by atoms with Crippen molar-refractivity contribution in [2.45, 2.75) is 26.1 Å². The van der Waals surface area contributed by atoms with Gasteiger partial charge < -0.3 is 10.1 Å². The van der Waals surface area contributed by atoms with Crippen molar-refractivity contribution in [3.8, 4) is 0 Å². The standard InChI is InChI=1S/C14H21N3O4S/c1-17(6-5-14(18)21-2)22(19,20)16-8-11-3-4-12-9-15-10-13(12)7-11/h3-4,7,15-16H,5-6,8-10H2,1-2H3. The fraction of sp³-hybridized carbons (Fsp3) is 0.500. The number of esters is 1. The van der Waals surface area contributed by atoms with Gasteiger partial charge in [0.15, 0.2) is 0 Å². The second-order valence-corrected chi connectivity index (χ2v) is 7.04. The Morgan fingerprint density at radius 1 is 1.36 bits per heavy atom. The van der Waals surface area contributed by atoms with Crippen LogP contribution in [0.25, 0.3) is 0 Å². The summed E-state index contributed by atoms with van der Waals surface area (Å²) in [7, 11) is -0.912. The molecule has 1 aliphatic rings. The molecule has 8 heteroatoms. The fourth-order valence-electron chi connectivity index (χ4n) is 2.21. The first kappa shape index (κ1) is 16.9. The van der Waals surface area contributed by atoms with Gasteiger partial charge in [0, 0.05) is 33.2 Å². The molecule has 2 rings (SSSR count). The van der Waals surface area contributed by atoms with Gasteiger partial charge in [-0.2, -0.15) is 17.4 Å². The molecule has 7 nitrogen and oxygen atoms in total. The molecule has 0 saturated heterocycles. The van der Waals surface area contributed by atoms with Crippen LogP contribution in [0.2, 0.25) is 0 Å². The van der Waals surface area contributed by atoms with Gasteiger partial charge in [-0.3, -0.25) is 4.79 Å². The molecule has 0 bridgehead atoms. The molecule has 0 saturated carbocycles. The molecular formula is C14H21N3O4S. The molecule has 0 radical (unpaired) electrons. The van der Waals surface area contributed by atoms with E-state index >= 15 is 0 Å². The zero-order valence-corrected chi connectivity index (χ0v) is 13.6. The summed E-state index contributed by atoms with van der Waals surface area (Å²) in [5.74, 6) is -0.437. The molecule has 0 spiro atoms. The van der Waals surface area contributed by atoms with Gasteiger partial charge in [-0.15, -0.1) is 0 Å². The fourth-order valence-corrected chi connectivity index (χ4v) is 3.11. The Labute approximate surface area is 130 Å². The average molecular weight is 327 g/mol. The lowest BCUT2D eigenvalue weighted by Gasteiger charge is -2.17. The number of rotatable bonds is 7. The Balaban J connectivity index is 1.90. The lowest BCUT2D eigenvalue weighted by molar-refractivity contribution is -0.140. The van der Waals surface area contributed by atoms with E-state index in [2.05, 4.69) is 14.8 Å². The third-order valence-corrected chi connectivity index (χ3v) is 5.14. The molecule has 0 aromatic heterocycles. The van der Waals surface area contributed by atoms with E-state index in [0.29, 0.717) is 0 Å². The third kappa shape index (κ3) is 4.26. The molecule has 0 unspecified atom stereocenters. The molecule has 0 amide bonds. The lowest BCUT2D eigenvalue weighted by Crippen LogP contribution is -2.39.